The van der Waals surface area contributed by atoms with E-state index in [-0.39, 0.29) is 13.1 Å². The number of aryl methyl sites for hydroxylation is 1. The van der Waals surface area contributed by atoms with E-state index in [1.807, 2.05) is 17.9 Å². The first-order valence-electron chi connectivity index (χ1n) is 10.2. The third-order valence-corrected chi connectivity index (χ3v) is 7.65. The van der Waals surface area contributed by atoms with E-state index in [2.05, 4.69) is 21.8 Å². The molecular formula is C20H26F2N6O2S. The van der Waals surface area contributed by atoms with Crippen LogP contribution in [0.1, 0.15) is 5.69 Å². The topological polar surface area (TPSA) is 72.9 Å². The van der Waals surface area contributed by atoms with Crippen molar-refractivity contribution in [3.8, 4) is 0 Å². The van der Waals surface area contributed by atoms with Gasteiger partial charge in [0.05, 0.1) is 0 Å². The van der Waals surface area contributed by atoms with Crippen molar-refractivity contribution >= 4 is 21.8 Å². The fourth-order valence-corrected chi connectivity index (χ4v) is 5.39. The number of sulfonamides is 1. The van der Waals surface area contributed by atoms with E-state index in [9.17, 15) is 17.2 Å². The molecule has 31 heavy (non-hydrogen) atoms. The summed E-state index contributed by atoms with van der Waals surface area (Å²) in [6.07, 6.45) is 0. The third kappa shape index (κ3) is 4.48. The molecule has 2 aliphatic heterocycles. The van der Waals surface area contributed by atoms with Gasteiger partial charge in [0.15, 0.2) is 4.90 Å². The molecule has 0 N–H and O–H groups in total. The minimum absolute atomic E-state index is 0.0945. The monoisotopic (exact) mass is 452 g/mol. The molecule has 0 unspecified atom stereocenters. The van der Waals surface area contributed by atoms with Gasteiger partial charge in [0.2, 0.25) is 16.0 Å². The molecule has 4 rings (SSSR count). The molecule has 2 fully saturated rings. The smallest absolute Gasteiger partial charge is 0.249 e. The molecule has 2 saturated heterocycles. The Morgan fingerprint density at radius 2 is 1.45 bits per heavy atom. The number of nitrogens with zero attached hydrogens (tertiary/aromatic N) is 6. The molecule has 1 aromatic heterocycles. The molecule has 0 aliphatic carbocycles. The highest BCUT2D eigenvalue weighted by molar-refractivity contribution is 7.89. The Morgan fingerprint density at radius 3 is 2.06 bits per heavy atom. The molecule has 0 radical (unpaired) electrons. The molecule has 168 valence electrons. The molecule has 11 heteroatoms. The van der Waals surface area contributed by atoms with Crippen molar-refractivity contribution in [3.05, 3.63) is 41.6 Å². The van der Waals surface area contributed by atoms with Gasteiger partial charge < -0.3 is 14.7 Å². The van der Waals surface area contributed by atoms with Crippen molar-refractivity contribution in [2.24, 2.45) is 0 Å². The second-order valence-corrected chi connectivity index (χ2v) is 9.77. The number of aromatic nitrogens is 2. The van der Waals surface area contributed by atoms with E-state index < -0.39 is 26.6 Å². The average molecular weight is 453 g/mol. The maximum Gasteiger partial charge on any atom is 0.249 e. The highest BCUT2D eigenvalue weighted by Crippen LogP contribution is 2.25. The summed E-state index contributed by atoms with van der Waals surface area (Å²) in [5, 5.41) is 0. The van der Waals surface area contributed by atoms with Crippen LogP contribution in [0.15, 0.2) is 29.2 Å². The third-order valence-electron chi connectivity index (χ3n) is 5.69. The van der Waals surface area contributed by atoms with Gasteiger partial charge in [0.25, 0.3) is 0 Å². The Kier molecular flexibility index (Phi) is 6.09. The van der Waals surface area contributed by atoms with Gasteiger partial charge in [-0.3, -0.25) is 0 Å². The van der Waals surface area contributed by atoms with E-state index in [0.717, 1.165) is 60.2 Å². The Balaban J connectivity index is 1.49. The van der Waals surface area contributed by atoms with Gasteiger partial charge >= 0.3 is 0 Å². The molecule has 2 aromatic rings. The number of hydrogen-bond donors (Lipinski definition) is 0. The minimum atomic E-state index is -4.26. The lowest BCUT2D eigenvalue weighted by atomic mass is 10.3. The van der Waals surface area contributed by atoms with Crippen molar-refractivity contribution in [3.63, 3.8) is 0 Å². The van der Waals surface area contributed by atoms with Crippen LogP contribution in [0.5, 0.6) is 0 Å². The van der Waals surface area contributed by atoms with Gasteiger partial charge in [-0.1, -0.05) is 6.07 Å². The molecule has 0 saturated carbocycles. The van der Waals surface area contributed by atoms with Crippen LogP contribution in [0.25, 0.3) is 0 Å². The van der Waals surface area contributed by atoms with Gasteiger partial charge in [-0.15, -0.1) is 0 Å². The number of piperazine rings is 2. The van der Waals surface area contributed by atoms with Gasteiger partial charge in [0, 0.05) is 64.1 Å². The standard InChI is InChI=1S/C20H26F2N6O2S/c1-15-14-18(26-8-6-25(2)7-9-26)24-20(23-15)27-10-12-28(13-11-27)31(29,30)19-16(21)4-3-5-17(19)22/h3-5,14H,6-13H2,1-2H3. The van der Waals surface area contributed by atoms with E-state index >= 15 is 0 Å². The zero-order valence-electron chi connectivity index (χ0n) is 17.6. The maximum absolute atomic E-state index is 14.0. The SMILES string of the molecule is Cc1cc(N2CCN(C)CC2)nc(N2CCN(S(=O)(=O)c3c(F)cccc3F)CC2)n1. The van der Waals surface area contributed by atoms with Crippen molar-refractivity contribution < 1.29 is 17.2 Å². The van der Waals surface area contributed by atoms with Crippen LogP contribution in [0, 0.1) is 18.6 Å². The van der Waals surface area contributed by atoms with E-state index in [0.29, 0.717) is 19.0 Å². The lowest BCUT2D eigenvalue weighted by Crippen LogP contribution is -2.49. The van der Waals surface area contributed by atoms with Crippen LogP contribution in [-0.2, 0) is 10.0 Å². The summed E-state index contributed by atoms with van der Waals surface area (Å²) in [7, 11) is -2.17. The normalized spacial score (nSPS) is 19.1. The lowest BCUT2D eigenvalue weighted by Gasteiger charge is -2.36. The molecule has 0 bridgehead atoms. The van der Waals surface area contributed by atoms with Crippen molar-refractivity contribution in [1.29, 1.82) is 0 Å². The number of halogens is 2. The molecular weight excluding hydrogens is 426 g/mol. The van der Waals surface area contributed by atoms with Crippen molar-refractivity contribution in [1.82, 2.24) is 19.2 Å². The largest absolute Gasteiger partial charge is 0.354 e. The summed E-state index contributed by atoms with van der Waals surface area (Å²) in [6, 6.07) is 5.00. The highest BCUT2D eigenvalue weighted by Gasteiger charge is 2.33. The van der Waals surface area contributed by atoms with E-state index in [4.69, 9.17) is 4.98 Å². The predicted molar refractivity (Wildman–Crippen MR) is 114 cm³/mol. The number of rotatable bonds is 4. The Labute approximate surface area is 181 Å². The molecule has 0 atom stereocenters. The fraction of sp³-hybridized carbons (Fsp3) is 0.500. The fourth-order valence-electron chi connectivity index (χ4n) is 3.86. The van der Waals surface area contributed by atoms with E-state index in [1.165, 1.54) is 0 Å². The second-order valence-electron chi connectivity index (χ2n) is 7.90. The van der Waals surface area contributed by atoms with Crippen LogP contribution in [0.2, 0.25) is 0 Å². The van der Waals surface area contributed by atoms with Crippen LogP contribution < -0.4 is 9.80 Å². The van der Waals surface area contributed by atoms with Crippen LogP contribution in [-0.4, -0.2) is 87.0 Å². The Morgan fingerprint density at radius 1 is 0.871 bits per heavy atom. The highest BCUT2D eigenvalue weighted by atomic mass is 32.2. The van der Waals surface area contributed by atoms with Crippen LogP contribution in [0.4, 0.5) is 20.5 Å². The number of hydrogen-bond acceptors (Lipinski definition) is 7. The summed E-state index contributed by atoms with van der Waals surface area (Å²) >= 11 is 0. The van der Waals surface area contributed by atoms with Crippen LogP contribution in [0.3, 0.4) is 0 Å². The quantitative estimate of drug-likeness (QED) is 0.693. The van der Waals surface area contributed by atoms with Crippen molar-refractivity contribution in [2.45, 2.75) is 11.8 Å². The van der Waals surface area contributed by atoms with Crippen molar-refractivity contribution in [2.75, 3.05) is 69.2 Å². The van der Waals surface area contributed by atoms with Gasteiger partial charge in [-0.05, 0) is 26.1 Å². The van der Waals surface area contributed by atoms with Gasteiger partial charge in [-0.25, -0.2) is 22.2 Å². The first-order chi connectivity index (χ1) is 14.8. The summed E-state index contributed by atoms with van der Waals surface area (Å²) in [5.74, 6) is -0.760. The molecule has 0 amide bonds. The lowest BCUT2D eigenvalue weighted by molar-refractivity contribution is 0.312. The number of benzene rings is 1. The molecule has 1 aromatic carbocycles. The van der Waals surface area contributed by atoms with Crippen LogP contribution >= 0.6 is 0 Å². The molecule has 0 spiro atoms. The van der Waals surface area contributed by atoms with Gasteiger partial charge in [-0.2, -0.15) is 9.29 Å². The number of anilines is 2. The minimum Gasteiger partial charge on any atom is -0.354 e. The maximum atomic E-state index is 14.0. The molecule has 2 aliphatic rings. The summed E-state index contributed by atoms with van der Waals surface area (Å²) in [6.45, 7) is 6.45. The Bertz CT molecular complexity index is 1030. The Hall–Kier alpha value is -2.37. The average Bonchev–Trinajstić information content (AvgIpc) is 2.73. The van der Waals surface area contributed by atoms with Gasteiger partial charge in [0.1, 0.15) is 17.5 Å². The zero-order chi connectivity index (χ0) is 22.2. The zero-order valence-corrected chi connectivity index (χ0v) is 18.4. The second kappa shape index (κ2) is 8.64. The predicted octanol–water partition coefficient (Wildman–Crippen LogP) is 1.33. The summed E-state index contributed by atoms with van der Waals surface area (Å²) in [5.41, 5.74) is 0.836. The molecule has 3 heterocycles. The molecule has 8 nitrogen and oxygen atoms in total. The number of likely N-dealkylation sites (N-methyl/N-ethyl adjacent to an activating group) is 1. The summed E-state index contributed by atoms with van der Waals surface area (Å²) < 4.78 is 54.8. The first-order valence-corrected chi connectivity index (χ1v) is 11.7. The first kappa shape index (κ1) is 21.8. The summed E-state index contributed by atoms with van der Waals surface area (Å²) in [4.78, 5) is 14.8. The van der Waals surface area contributed by atoms with E-state index in [1.54, 1.807) is 0 Å².